The number of esters is 1. The number of carbonyl (C=O) groups is 1. The highest BCUT2D eigenvalue weighted by atomic mass is 16.8. The quantitative estimate of drug-likeness (QED) is 0.0541. The number of aliphatic hydroxyl groups excluding tert-OH is 8. The molecule has 3 aliphatic rings. The van der Waals surface area contributed by atoms with Gasteiger partial charge in [-0.15, -0.1) is 0 Å². The van der Waals surface area contributed by atoms with Gasteiger partial charge in [0.05, 0.1) is 25.9 Å². The van der Waals surface area contributed by atoms with Gasteiger partial charge in [-0.3, -0.25) is 0 Å². The molecule has 5 rings (SSSR count). The molecule has 3 aliphatic heterocycles. The van der Waals surface area contributed by atoms with Crippen molar-refractivity contribution in [1.82, 2.24) is 0 Å². The number of hydrogen-bond donors (Lipinski definition) is 12. The summed E-state index contributed by atoms with van der Waals surface area (Å²) in [6.45, 7) is -0.209. The molecule has 3 heterocycles. The number of phenolic OH excluding ortho intramolecular Hbond substituents is 4. The molecule has 3 saturated heterocycles. The van der Waals surface area contributed by atoms with E-state index in [-0.39, 0.29) is 30.1 Å². The van der Waals surface area contributed by atoms with Crippen LogP contribution >= 0.6 is 0 Å². The second-order valence-corrected chi connectivity index (χ2v) is 13.3. The zero-order valence-electron chi connectivity index (χ0n) is 29.2. The molecule has 0 spiro atoms. The summed E-state index contributed by atoms with van der Waals surface area (Å²) >= 11 is 0. The Balaban J connectivity index is 1.34. The smallest absolute Gasteiger partial charge is 0.331 e. The lowest BCUT2D eigenvalue weighted by Crippen LogP contribution is -2.65. The molecule has 0 aliphatic carbocycles. The molecule has 20 nitrogen and oxygen atoms in total. The summed E-state index contributed by atoms with van der Waals surface area (Å²) in [7, 11) is 0. The van der Waals surface area contributed by atoms with Crippen LogP contribution in [0, 0.1) is 0 Å². The van der Waals surface area contributed by atoms with Crippen molar-refractivity contribution in [3.05, 3.63) is 53.6 Å². The molecule has 12 N–H and O–H groups in total. The maximum absolute atomic E-state index is 13.0. The van der Waals surface area contributed by atoms with Crippen LogP contribution in [0.5, 0.6) is 23.0 Å². The third-order valence-electron chi connectivity index (χ3n) is 9.36. The summed E-state index contributed by atoms with van der Waals surface area (Å²) in [6.07, 6.45) is -22.5. The summed E-state index contributed by atoms with van der Waals surface area (Å²) in [5.41, 5.74) is 0.804. The average molecular weight is 787 g/mol. The van der Waals surface area contributed by atoms with Crippen molar-refractivity contribution in [2.24, 2.45) is 0 Å². The molecule has 3 fully saturated rings. The van der Waals surface area contributed by atoms with E-state index in [9.17, 15) is 66.1 Å². The molecular formula is C35H46O20. The number of carbonyl (C=O) groups excluding carboxylic acids is 1. The topological polar surface area (TPSA) is 324 Å². The highest BCUT2D eigenvalue weighted by Gasteiger charge is 2.53. The van der Waals surface area contributed by atoms with Gasteiger partial charge in [-0.25, -0.2) is 4.79 Å². The Morgan fingerprint density at radius 2 is 1.29 bits per heavy atom. The van der Waals surface area contributed by atoms with Crippen LogP contribution in [0.4, 0.5) is 0 Å². The number of ether oxygens (including phenoxy) is 7. The maximum atomic E-state index is 13.0. The van der Waals surface area contributed by atoms with Gasteiger partial charge in [0.25, 0.3) is 0 Å². The minimum absolute atomic E-state index is 0.135. The first-order valence-corrected chi connectivity index (χ1v) is 17.2. The van der Waals surface area contributed by atoms with Gasteiger partial charge in [0.1, 0.15) is 61.0 Å². The first-order valence-electron chi connectivity index (χ1n) is 17.2. The van der Waals surface area contributed by atoms with Gasteiger partial charge < -0.3 is 94.4 Å². The Kier molecular flexibility index (Phi) is 14.3. The van der Waals surface area contributed by atoms with Crippen LogP contribution in [-0.2, 0) is 44.4 Å². The minimum Gasteiger partial charge on any atom is -0.504 e. The van der Waals surface area contributed by atoms with Gasteiger partial charge >= 0.3 is 5.97 Å². The molecule has 0 aromatic heterocycles. The Labute approximate surface area is 313 Å². The Bertz CT molecular complexity index is 1610. The molecule has 0 amide bonds. The van der Waals surface area contributed by atoms with Crippen molar-refractivity contribution in [2.75, 3.05) is 19.8 Å². The molecule has 0 unspecified atom stereocenters. The van der Waals surface area contributed by atoms with Gasteiger partial charge in [-0.2, -0.15) is 0 Å². The van der Waals surface area contributed by atoms with Crippen molar-refractivity contribution in [3.8, 4) is 23.0 Å². The zero-order valence-corrected chi connectivity index (χ0v) is 29.2. The second kappa shape index (κ2) is 18.5. The van der Waals surface area contributed by atoms with Crippen molar-refractivity contribution >= 4 is 12.0 Å². The number of hydrogen-bond acceptors (Lipinski definition) is 20. The zero-order chi connectivity index (χ0) is 40.1. The fraction of sp³-hybridized carbons (Fsp3) is 0.571. The Hall–Kier alpha value is -3.71. The molecule has 306 valence electrons. The fourth-order valence-electron chi connectivity index (χ4n) is 6.14. The summed E-state index contributed by atoms with van der Waals surface area (Å²) < 4.78 is 39.6. The van der Waals surface area contributed by atoms with E-state index in [1.165, 1.54) is 43.3 Å². The number of aliphatic hydroxyl groups is 8. The van der Waals surface area contributed by atoms with Crippen LogP contribution in [0.25, 0.3) is 6.08 Å². The molecule has 55 heavy (non-hydrogen) atoms. The minimum atomic E-state index is -2.00. The summed E-state index contributed by atoms with van der Waals surface area (Å²) in [5.74, 6) is -2.65. The highest BCUT2D eigenvalue weighted by Crippen LogP contribution is 2.33. The van der Waals surface area contributed by atoms with Crippen LogP contribution in [0.1, 0.15) is 18.1 Å². The lowest BCUT2D eigenvalue weighted by Gasteiger charge is -2.47. The van der Waals surface area contributed by atoms with E-state index >= 15 is 0 Å². The monoisotopic (exact) mass is 786 g/mol. The van der Waals surface area contributed by atoms with Crippen LogP contribution in [0.3, 0.4) is 0 Å². The highest BCUT2D eigenvalue weighted by molar-refractivity contribution is 5.87. The van der Waals surface area contributed by atoms with Gasteiger partial charge in [0, 0.05) is 6.08 Å². The van der Waals surface area contributed by atoms with E-state index in [2.05, 4.69) is 0 Å². The van der Waals surface area contributed by atoms with E-state index in [0.717, 1.165) is 12.1 Å². The number of phenols is 4. The molecule has 2 aromatic rings. The van der Waals surface area contributed by atoms with Crippen molar-refractivity contribution in [1.29, 1.82) is 0 Å². The van der Waals surface area contributed by atoms with E-state index in [1.807, 2.05) is 0 Å². The van der Waals surface area contributed by atoms with E-state index in [1.54, 1.807) is 0 Å². The van der Waals surface area contributed by atoms with Crippen LogP contribution in [0.15, 0.2) is 42.5 Å². The Morgan fingerprint density at radius 1 is 0.673 bits per heavy atom. The summed E-state index contributed by atoms with van der Waals surface area (Å²) in [5, 5.41) is 123. The van der Waals surface area contributed by atoms with Gasteiger partial charge in [-0.05, 0) is 54.8 Å². The van der Waals surface area contributed by atoms with Crippen molar-refractivity contribution in [3.63, 3.8) is 0 Å². The Morgan fingerprint density at radius 3 is 1.96 bits per heavy atom. The van der Waals surface area contributed by atoms with Crippen LogP contribution in [0.2, 0.25) is 0 Å². The predicted octanol–water partition coefficient (Wildman–Crippen LogP) is -3.19. The van der Waals surface area contributed by atoms with E-state index in [4.69, 9.17) is 33.2 Å². The standard InChI is InChI=1S/C35H46O20/c1-14-24(42)26(44)28(46)33(51-14)50-13-22-25(43)27(45)29(47)35(53-22)55-32-30(48)34(49-9-8-16-3-6-18(38)20(40)11-16)52-21(12-36)31(32)54-23(41)7-4-15-2-5-17(37)19(39)10-15/h2-7,10-11,14,21-22,24-40,42-48H,8-9,12-13H2,1H3/t14-,21+,22-,24-,25-,26+,27+,28+,29+,30+,31+,32+,33+,34+,35-/m0/s1. The third-order valence-corrected chi connectivity index (χ3v) is 9.36. The van der Waals surface area contributed by atoms with Gasteiger partial charge in [0.2, 0.25) is 0 Å². The van der Waals surface area contributed by atoms with Gasteiger partial charge in [0.15, 0.2) is 48.0 Å². The lowest BCUT2D eigenvalue weighted by molar-refractivity contribution is -0.365. The first-order chi connectivity index (χ1) is 26.1. The molecule has 2 aromatic carbocycles. The maximum Gasteiger partial charge on any atom is 0.331 e. The van der Waals surface area contributed by atoms with Gasteiger partial charge in [-0.1, -0.05) is 12.1 Å². The van der Waals surface area contributed by atoms with E-state index < -0.39 is 123 Å². The van der Waals surface area contributed by atoms with Crippen molar-refractivity contribution in [2.45, 2.75) is 105 Å². The van der Waals surface area contributed by atoms with E-state index in [0.29, 0.717) is 5.56 Å². The largest absolute Gasteiger partial charge is 0.504 e. The number of aromatic hydroxyl groups is 4. The molecule has 0 bridgehead atoms. The van der Waals surface area contributed by atoms with Crippen LogP contribution < -0.4 is 0 Å². The normalized spacial score (nSPS) is 36.9. The third kappa shape index (κ3) is 10.0. The SMILES string of the molecule is C[C@@H]1O[C@@H](OC[C@@H]2O[C@@H](O[C@@H]3[C@@H](O)[C@H](OCCc4ccc(O)c(O)c4)O[C@H](CO)[C@H]3OC(=O)C=Cc3ccc(O)c(O)c3)[C@H](O)[C@H](O)[C@H]2O)[C@H](O)[C@H](O)[C@H]1O. The molecular weight excluding hydrogens is 740 g/mol. The molecule has 0 radical (unpaired) electrons. The van der Waals surface area contributed by atoms with Crippen molar-refractivity contribution < 1.29 is 99.2 Å². The fourth-order valence-corrected chi connectivity index (χ4v) is 6.14. The molecule has 15 atom stereocenters. The molecule has 20 heteroatoms. The number of benzene rings is 2. The number of rotatable bonds is 13. The van der Waals surface area contributed by atoms with Crippen LogP contribution in [-0.4, -0.2) is 179 Å². The summed E-state index contributed by atoms with van der Waals surface area (Å²) in [4.78, 5) is 13.0. The lowest BCUT2D eigenvalue weighted by atomic mass is 9.96. The average Bonchev–Trinajstić information content (AvgIpc) is 3.16. The summed E-state index contributed by atoms with van der Waals surface area (Å²) in [6, 6.07) is 7.78. The molecule has 0 saturated carbocycles. The predicted molar refractivity (Wildman–Crippen MR) is 180 cm³/mol. The first kappa shape index (κ1) is 42.4. The second-order valence-electron chi connectivity index (χ2n) is 13.3.